The van der Waals surface area contributed by atoms with Crippen LogP contribution in [0.5, 0.6) is 0 Å². The Labute approximate surface area is 175 Å². The lowest BCUT2D eigenvalue weighted by molar-refractivity contribution is 0.0601. The molecule has 1 unspecified atom stereocenters. The van der Waals surface area contributed by atoms with E-state index in [0.29, 0.717) is 17.8 Å². The van der Waals surface area contributed by atoms with E-state index in [4.69, 9.17) is 23.2 Å². The van der Waals surface area contributed by atoms with Crippen molar-refractivity contribution in [2.24, 2.45) is 0 Å². The first kappa shape index (κ1) is 20.8. The van der Waals surface area contributed by atoms with Crippen LogP contribution in [0, 0.1) is 0 Å². The van der Waals surface area contributed by atoms with Gasteiger partial charge in [0.2, 0.25) is 6.35 Å². The molecule has 1 N–H and O–H groups in total. The van der Waals surface area contributed by atoms with E-state index < -0.39 is 18.0 Å². The lowest BCUT2D eigenvalue weighted by Gasteiger charge is -2.27. The molecule has 0 radical (unpaired) electrons. The predicted octanol–water partition coefficient (Wildman–Crippen LogP) is 2.50. The number of halogens is 2. The number of methoxy groups -OCH3 is 1. The summed E-state index contributed by atoms with van der Waals surface area (Å²) < 4.78 is 6.39. The van der Waals surface area contributed by atoms with Crippen LogP contribution >= 0.6 is 23.2 Å². The number of aromatic nitrogens is 4. The van der Waals surface area contributed by atoms with Crippen LogP contribution in [-0.4, -0.2) is 44.5 Å². The lowest BCUT2D eigenvalue weighted by Crippen LogP contribution is -2.39. The van der Waals surface area contributed by atoms with Gasteiger partial charge in [0, 0.05) is 12.2 Å². The fraction of sp³-hybridized carbons (Fsp3) is 0.222. The summed E-state index contributed by atoms with van der Waals surface area (Å²) in [4.78, 5) is 25.9. The lowest BCUT2D eigenvalue weighted by atomic mass is 10.2. The van der Waals surface area contributed by atoms with Crippen molar-refractivity contribution in [3.63, 3.8) is 0 Å². The Morgan fingerprint density at radius 1 is 1.17 bits per heavy atom. The first-order chi connectivity index (χ1) is 13.9. The van der Waals surface area contributed by atoms with Gasteiger partial charge in [-0.1, -0.05) is 29.3 Å². The fourth-order valence-corrected chi connectivity index (χ4v) is 3.31. The minimum absolute atomic E-state index is 0.171. The molecule has 11 heteroatoms. The van der Waals surface area contributed by atoms with E-state index in [9.17, 15) is 14.7 Å². The molecule has 0 saturated carbocycles. The molecule has 1 heterocycles. The zero-order valence-corrected chi connectivity index (χ0v) is 17.0. The molecule has 0 saturated heterocycles. The van der Waals surface area contributed by atoms with Gasteiger partial charge < -0.3 is 14.7 Å². The number of para-hydroxylation sites is 1. The van der Waals surface area contributed by atoms with Gasteiger partial charge in [-0.25, -0.2) is 9.59 Å². The number of esters is 1. The van der Waals surface area contributed by atoms with Crippen LogP contribution in [0.2, 0.25) is 10.0 Å². The molecular weight excluding hydrogens is 421 g/mol. The minimum atomic E-state index is -1.45. The van der Waals surface area contributed by atoms with E-state index >= 15 is 0 Å². The zero-order valence-electron chi connectivity index (χ0n) is 15.5. The minimum Gasteiger partial charge on any atom is -0.465 e. The number of tetrazole rings is 1. The van der Waals surface area contributed by atoms with Crippen molar-refractivity contribution >= 4 is 34.9 Å². The number of aliphatic hydroxyl groups excluding tert-OH is 1. The summed E-state index contributed by atoms with van der Waals surface area (Å²) >= 11 is 12.3. The summed E-state index contributed by atoms with van der Waals surface area (Å²) in [6.07, 6.45) is -1.45. The normalized spacial score (nSPS) is 11.9. The molecule has 0 fully saturated rings. The molecule has 0 spiro atoms. The second kappa shape index (κ2) is 8.64. The third-order valence-electron chi connectivity index (χ3n) is 4.21. The van der Waals surface area contributed by atoms with Crippen molar-refractivity contribution in [1.29, 1.82) is 0 Å². The van der Waals surface area contributed by atoms with Gasteiger partial charge >= 0.3 is 11.7 Å². The number of carbonyl (C=O) groups excluding carboxylic acids is 1. The van der Waals surface area contributed by atoms with Gasteiger partial charge in [-0.15, -0.1) is 4.68 Å². The third kappa shape index (κ3) is 3.98. The van der Waals surface area contributed by atoms with Crippen LogP contribution in [0.15, 0.2) is 47.3 Å². The van der Waals surface area contributed by atoms with Crippen LogP contribution in [0.25, 0.3) is 5.69 Å². The number of hydrogen-bond acceptors (Lipinski definition) is 7. The largest absolute Gasteiger partial charge is 0.465 e. The first-order valence-electron chi connectivity index (χ1n) is 8.51. The average Bonchev–Trinajstić information content (AvgIpc) is 3.09. The molecule has 0 bridgehead atoms. The molecule has 9 nitrogen and oxygen atoms in total. The van der Waals surface area contributed by atoms with Crippen LogP contribution < -0.4 is 10.6 Å². The Hall–Kier alpha value is -2.88. The number of rotatable bonds is 6. The molecular formula is C18H17Cl2N5O4. The average molecular weight is 438 g/mol. The van der Waals surface area contributed by atoms with E-state index in [1.165, 1.54) is 12.0 Å². The molecule has 0 amide bonds. The van der Waals surface area contributed by atoms with E-state index in [0.717, 1.165) is 9.36 Å². The van der Waals surface area contributed by atoms with Gasteiger partial charge in [-0.3, -0.25) is 0 Å². The van der Waals surface area contributed by atoms with Crippen molar-refractivity contribution in [3.8, 4) is 5.69 Å². The van der Waals surface area contributed by atoms with Crippen LogP contribution in [0.4, 0.5) is 5.69 Å². The molecule has 3 aromatic rings. The highest BCUT2D eigenvalue weighted by molar-refractivity contribution is 6.37. The van der Waals surface area contributed by atoms with E-state index in [1.54, 1.807) is 49.4 Å². The number of nitrogens with zero attached hydrogens (tertiary/aromatic N) is 5. The van der Waals surface area contributed by atoms with E-state index in [1.807, 2.05) is 0 Å². The Morgan fingerprint density at radius 2 is 1.79 bits per heavy atom. The number of aliphatic hydroxyl groups is 1. The van der Waals surface area contributed by atoms with Crippen molar-refractivity contribution in [2.75, 3.05) is 18.6 Å². The molecule has 1 aromatic heterocycles. The fourth-order valence-electron chi connectivity index (χ4n) is 2.75. The Bertz CT molecular complexity index is 1060. The second-order valence-electron chi connectivity index (χ2n) is 5.86. The van der Waals surface area contributed by atoms with Crippen LogP contribution in [-0.2, 0) is 4.74 Å². The van der Waals surface area contributed by atoms with Gasteiger partial charge in [-0.2, -0.15) is 4.68 Å². The number of ether oxygens (including phenoxy) is 1. The zero-order chi connectivity index (χ0) is 21.1. The third-order valence-corrected chi connectivity index (χ3v) is 4.82. The summed E-state index contributed by atoms with van der Waals surface area (Å²) in [6, 6.07) is 11.1. The number of benzene rings is 2. The Kier molecular flexibility index (Phi) is 6.21. The smallest absolute Gasteiger partial charge is 0.372 e. The van der Waals surface area contributed by atoms with Crippen LogP contribution in [0.1, 0.15) is 23.6 Å². The molecule has 29 heavy (non-hydrogen) atoms. The SMILES string of the molecule is CCN(c1ccc(C(=O)OC)cc1)C(O)n1nnn(-c2c(Cl)cccc2Cl)c1=O. The molecule has 1 atom stereocenters. The molecule has 3 rings (SSSR count). The highest BCUT2D eigenvalue weighted by Gasteiger charge is 2.24. The predicted molar refractivity (Wildman–Crippen MR) is 108 cm³/mol. The summed E-state index contributed by atoms with van der Waals surface area (Å²) in [7, 11) is 1.29. The van der Waals surface area contributed by atoms with Crippen molar-refractivity contribution < 1.29 is 14.6 Å². The molecule has 2 aromatic carbocycles. The summed E-state index contributed by atoms with van der Waals surface area (Å²) in [5.74, 6) is -0.476. The second-order valence-corrected chi connectivity index (χ2v) is 6.67. The Morgan fingerprint density at radius 3 is 2.34 bits per heavy atom. The van der Waals surface area contributed by atoms with Gasteiger partial charge in [0.1, 0.15) is 5.69 Å². The molecule has 0 aliphatic heterocycles. The highest BCUT2D eigenvalue weighted by Crippen LogP contribution is 2.27. The van der Waals surface area contributed by atoms with Crippen LogP contribution in [0.3, 0.4) is 0 Å². The monoisotopic (exact) mass is 437 g/mol. The Balaban J connectivity index is 1.95. The summed E-state index contributed by atoms with van der Waals surface area (Å²) in [5, 5.41) is 18.7. The summed E-state index contributed by atoms with van der Waals surface area (Å²) in [5.41, 5.74) is 0.366. The molecule has 152 valence electrons. The van der Waals surface area contributed by atoms with Gasteiger partial charge in [0.05, 0.1) is 22.7 Å². The van der Waals surface area contributed by atoms with Crippen molar-refractivity contribution in [2.45, 2.75) is 13.3 Å². The standard InChI is InChI=1S/C18H17Cl2N5O4/c1-3-23(12-9-7-11(8-10-12)16(26)29-2)17(27)25-18(28)24(21-22-25)15-13(19)5-4-6-14(15)20/h4-10,17,27H,3H2,1-2H3. The van der Waals surface area contributed by atoms with E-state index in [-0.39, 0.29) is 15.7 Å². The first-order valence-corrected chi connectivity index (χ1v) is 9.26. The maximum atomic E-state index is 12.8. The highest BCUT2D eigenvalue weighted by atomic mass is 35.5. The number of carbonyl (C=O) groups is 1. The molecule has 0 aliphatic carbocycles. The topological polar surface area (TPSA) is 102 Å². The van der Waals surface area contributed by atoms with Gasteiger partial charge in [-0.05, 0) is 53.7 Å². The quantitative estimate of drug-likeness (QED) is 0.466. The van der Waals surface area contributed by atoms with Gasteiger partial charge in [0.15, 0.2) is 0 Å². The van der Waals surface area contributed by atoms with E-state index in [2.05, 4.69) is 15.2 Å². The number of hydrogen-bond donors (Lipinski definition) is 1. The van der Waals surface area contributed by atoms with Crippen molar-refractivity contribution in [3.05, 3.63) is 68.6 Å². The van der Waals surface area contributed by atoms with Gasteiger partial charge in [0.25, 0.3) is 0 Å². The maximum Gasteiger partial charge on any atom is 0.372 e. The van der Waals surface area contributed by atoms with Crippen molar-refractivity contribution in [1.82, 2.24) is 19.8 Å². The molecule has 0 aliphatic rings. The summed E-state index contributed by atoms with van der Waals surface area (Å²) in [6.45, 7) is 2.13. The maximum absolute atomic E-state index is 12.8. The number of anilines is 1.